The molecule has 63 heavy (non-hydrogen) atoms. The van der Waals surface area contributed by atoms with Crippen molar-refractivity contribution >= 4 is 55.7 Å². The number of benzene rings is 9. The van der Waals surface area contributed by atoms with Crippen molar-refractivity contribution in [3.63, 3.8) is 0 Å². The molecule has 0 aliphatic heterocycles. The summed E-state index contributed by atoms with van der Waals surface area (Å²) in [6.07, 6.45) is 4.06. The summed E-state index contributed by atoms with van der Waals surface area (Å²) in [4.78, 5) is 4.91. The minimum Gasteiger partial charge on any atom is -0.399 e. The number of nitrogen functional groups attached to an aromatic ring is 1. The molecule has 4 nitrogen and oxygen atoms in total. The molecule has 9 rings (SSSR count). The number of allylic oxidation sites excluding steroid dienone is 1. The SMILES string of the molecule is C=C(CC(CCC)c1cccc(-c2ccccc2Nc2ccccc2)c1)c1ccccc1.NC(=Nc1c(Cc2cccc3ccccc23)ccc2ccccc12)c1cccc(N)c1. The van der Waals surface area contributed by atoms with Gasteiger partial charge in [-0.05, 0) is 98.6 Å². The zero-order valence-electron chi connectivity index (χ0n) is 35.9. The van der Waals surface area contributed by atoms with Gasteiger partial charge in [0.2, 0.25) is 0 Å². The fraction of sp³-hybridized carbons (Fsp3) is 0.102. The van der Waals surface area contributed by atoms with Gasteiger partial charge in [-0.3, -0.25) is 0 Å². The van der Waals surface area contributed by atoms with Crippen LogP contribution in [0.3, 0.4) is 0 Å². The average Bonchev–Trinajstić information content (AvgIpc) is 3.33. The molecule has 0 aliphatic rings. The Kier molecular flexibility index (Phi) is 13.5. The van der Waals surface area contributed by atoms with Gasteiger partial charge in [-0.25, -0.2) is 4.99 Å². The summed E-state index contributed by atoms with van der Waals surface area (Å²) in [6, 6.07) is 73.6. The van der Waals surface area contributed by atoms with E-state index in [9.17, 15) is 0 Å². The van der Waals surface area contributed by atoms with E-state index in [0.717, 1.165) is 64.6 Å². The maximum atomic E-state index is 6.43. The van der Waals surface area contributed by atoms with Crippen molar-refractivity contribution in [3.05, 3.63) is 247 Å². The Morgan fingerprint density at radius 2 is 1.22 bits per heavy atom. The molecule has 0 fully saturated rings. The zero-order chi connectivity index (χ0) is 43.4. The number of anilines is 3. The molecule has 0 heterocycles. The van der Waals surface area contributed by atoms with E-state index in [1.165, 1.54) is 44.2 Å². The second-order valence-corrected chi connectivity index (χ2v) is 16.1. The van der Waals surface area contributed by atoms with Crippen molar-refractivity contribution in [3.8, 4) is 11.1 Å². The summed E-state index contributed by atoms with van der Waals surface area (Å²) in [7, 11) is 0. The lowest BCUT2D eigenvalue weighted by molar-refractivity contribution is 0.627. The molecule has 0 saturated heterocycles. The molecule has 0 aliphatic carbocycles. The number of rotatable bonds is 13. The number of nitrogens with two attached hydrogens (primary N) is 2. The van der Waals surface area contributed by atoms with Gasteiger partial charge in [0, 0.05) is 40.0 Å². The largest absolute Gasteiger partial charge is 0.399 e. The highest BCUT2D eigenvalue weighted by molar-refractivity contribution is 6.04. The van der Waals surface area contributed by atoms with E-state index in [0.29, 0.717) is 17.4 Å². The van der Waals surface area contributed by atoms with Crippen molar-refractivity contribution in [2.45, 2.75) is 38.5 Å². The second-order valence-electron chi connectivity index (χ2n) is 16.1. The van der Waals surface area contributed by atoms with Crippen LogP contribution >= 0.6 is 0 Å². The second kappa shape index (κ2) is 20.2. The number of hydrogen-bond acceptors (Lipinski definition) is 3. The molecule has 0 saturated carbocycles. The Morgan fingerprint density at radius 3 is 2.00 bits per heavy atom. The number of nitrogens with one attached hydrogen (secondary N) is 1. The zero-order valence-corrected chi connectivity index (χ0v) is 35.9. The van der Waals surface area contributed by atoms with E-state index in [2.05, 4.69) is 189 Å². The first-order valence-electron chi connectivity index (χ1n) is 21.9. The van der Waals surface area contributed by atoms with Gasteiger partial charge < -0.3 is 16.8 Å². The van der Waals surface area contributed by atoms with Gasteiger partial charge in [0.05, 0.1) is 5.69 Å². The predicted molar refractivity (Wildman–Crippen MR) is 271 cm³/mol. The first-order chi connectivity index (χ1) is 30.9. The number of hydrogen-bond donors (Lipinski definition) is 3. The highest BCUT2D eigenvalue weighted by Crippen LogP contribution is 2.37. The number of aliphatic imine (C=N–C) groups is 1. The first-order valence-corrected chi connectivity index (χ1v) is 21.9. The van der Waals surface area contributed by atoms with Crippen LogP contribution in [-0.2, 0) is 6.42 Å². The Balaban J connectivity index is 0.000000173. The Morgan fingerprint density at radius 1 is 0.587 bits per heavy atom. The molecule has 9 aromatic carbocycles. The molecule has 310 valence electrons. The molecule has 0 aromatic heterocycles. The van der Waals surface area contributed by atoms with Crippen LogP contribution in [0.25, 0.3) is 38.2 Å². The standard InChI is InChI=1S/C31H31N.C28H23N3/c1-3-13-26(22-24(2)25-14-6-4-7-15-25)27-16-12-17-28(23-27)30-20-10-11-21-31(30)32-29-18-8-5-9-19-29;29-24-12-6-11-23(18-24)28(30)31-27-22(16-15-20-8-2-4-14-26(20)27)17-21-10-5-9-19-7-1-3-13-25(19)21/h4-12,14-21,23,26,32H,2-3,13,22H2,1H3;1-16,18H,17,29H2,(H2,30,31). The quantitative estimate of drug-likeness (QED) is 0.0616. The van der Waals surface area contributed by atoms with Gasteiger partial charge >= 0.3 is 0 Å². The molecule has 1 unspecified atom stereocenters. The minimum absolute atomic E-state index is 0.460. The summed E-state index contributed by atoms with van der Waals surface area (Å²) in [5.74, 6) is 0.921. The van der Waals surface area contributed by atoms with Crippen molar-refractivity contribution in [1.82, 2.24) is 0 Å². The van der Waals surface area contributed by atoms with Crippen LogP contribution in [0.5, 0.6) is 0 Å². The Bertz CT molecular complexity index is 2980. The van der Waals surface area contributed by atoms with Gasteiger partial charge in [0.25, 0.3) is 0 Å². The van der Waals surface area contributed by atoms with Crippen LogP contribution in [0.15, 0.2) is 224 Å². The topological polar surface area (TPSA) is 76.4 Å². The van der Waals surface area contributed by atoms with E-state index < -0.39 is 0 Å². The minimum atomic E-state index is 0.460. The van der Waals surface area contributed by atoms with Crippen LogP contribution in [0.2, 0.25) is 0 Å². The van der Waals surface area contributed by atoms with E-state index >= 15 is 0 Å². The lowest BCUT2D eigenvalue weighted by Crippen LogP contribution is -2.13. The summed E-state index contributed by atoms with van der Waals surface area (Å²) in [5.41, 5.74) is 25.7. The van der Waals surface area contributed by atoms with Gasteiger partial charge in [0.15, 0.2) is 0 Å². The van der Waals surface area contributed by atoms with E-state index in [1.807, 2.05) is 42.5 Å². The van der Waals surface area contributed by atoms with E-state index in [1.54, 1.807) is 0 Å². The first kappa shape index (κ1) is 42.0. The average molecular weight is 819 g/mol. The molecule has 1 atom stereocenters. The van der Waals surface area contributed by atoms with Crippen LogP contribution in [0, 0.1) is 0 Å². The van der Waals surface area contributed by atoms with Crippen molar-refractivity contribution < 1.29 is 0 Å². The summed E-state index contributed by atoms with van der Waals surface area (Å²) in [5, 5.41) is 8.32. The highest BCUT2D eigenvalue weighted by atomic mass is 14.9. The molecular formula is C59H54N4. The van der Waals surface area contributed by atoms with Crippen molar-refractivity contribution in [2.24, 2.45) is 10.7 Å². The maximum absolute atomic E-state index is 6.43. The van der Waals surface area contributed by atoms with Gasteiger partial charge in [-0.1, -0.05) is 202 Å². The maximum Gasteiger partial charge on any atom is 0.131 e. The third-order valence-electron chi connectivity index (χ3n) is 11.6. The third-order valence-corrected chi connectivity index (χ3v) is 11.6. The summed E-state index contributed by atoms with van der Waals surface area (Å²) >= 11 is 0. The predicted octanol–water partition coefficient (Wildman–Crippen LogP) is 15.3. The molecule has 0 amide bonds. The molecule has 9 aromatic rings. The number of para-hydroxylation sites is 2. The summed E-state index contributed by atoms with van der Waals surface area (Å²) < 4.78 is 0. The van der Waals surface area contributed by atoms with Crippen LogP contribution < -0.4 is 16.8 Å². The lowest BCUT2D eigenvalue weighted by atomic mass is 9.85. The number of amidine groups is 1. The van der Waals surface area contributed by atoms with E-state index in [-0.39, 0.29) is 0 Å². The molecule has 5 N–H and O–H groups in total. The van der Waals surface area contributed by atoms with Crippen molar-refractivity contribution in [2.75, 3.05) is 11.1 Å². The number of nitrogens with zero attached hydrogens (tertiary/aromatic N) is 1. The Hall–Kier alpha value is -7.69. The fourth-order valence-electron chi connectivity index (χ4n) is 8.41. The Labute approximate surface area is 372 Å². The molecule has 4 heteroatoms. The van der Waals surface area contributed by atoms with Crippen LogP contribution in [0.1, 0.15) is 59.9 Å². The van der Waals surface area contributed by atoms with Crippen molar-refractivity contribution in [1.29, 1.82) is 0 Å². The fourth-order valence-corrected chi connectivity index (χ4v) is 8.41. The van der Waals surface area contributed by atoms with Gasteiger partial charge in [-0.15, -0.1) is 0 Å². The van der Waals surface area contributed by atoms with E-state index in [4.69, 9.17) is 16.5 Å². The van der Waals surface area contributed by atoms with Gasteiger partial charge in [0.1, 0.15) is 5.84 Å². The molecule has 0 radical (unpaired) electrons. The summed E-state index contributed by atoms with van der Waals surface area (Å²) in [6.45, 7) is 6.67. The van der Waals surface area contributed by atoms with Crippen LogP contribution in [-0.4, -0.2) is 5.84 Å². The third kappa shape index (κ3) is 10.4. The molecular weight excluding hydrogens is 765 g/mol. The lowest BCUT2D eigenvalue weighted by Gasteiger charge is -2.20. The number of fused-ring (bicyclic) bond motifs is 2. The monoisotopic (exact) mass is 818 g/mol. The smallest absolute Gasteiger partial charge is 0.131 e. The molecule has 0 bridgehead atoms. The molecule has 0 spiro atoms. The van der Waals surface area contributed by atoms with Gasteiger partial charge in [-0.2, -0.15) is 0 Å². The van der Waals surface area contributed by atoms with Crippen LogP contribution in [0.4, 0.5) is 22.7 Å². The highest BCUT2D eigenvalue weighted by Gasteiger charge is 2.16. The normalized spacial score (nSPS) is 11.7.